The van der Waals surface area contributed by atoms with E-state index >= 15 is 0 Å². The molecular weight excluding hydrogens is 594 g/mol. The lowest BCUT2D eigenvalue weighted by molar-refractivity contribution is -0.137. The van der Waals surface area contributed by atoms with Crippen molar-refractivity contribution >= 4 is 40.4 Å². The standard InChI is InChI=1S/C37H41N5O5/c1-5-36(43)46-25-9-8-24-45-33-19-10-28(11-20-33)37(44)47-34-21-14-30(15-22-34)39-41-35-23-16-31(26-27(35)4)40-38-29-12-17-32(18-13-29)42(6-2)7-3/h5,10-23,26,39,41H,1,6-9,24-25H2,2-4H3/b40-38+. The second-order valence-electron chi connectivity index (χ2n) is 10.5. The maximum Gasteiger partial charge on any atom is 0.343 e. The maximum absolute atomic E-state index is 12.6. The van der Waals surface area contributed by atoms with Crippen LogP contribution in [0.4, 0.5) is 28.4 Å². The van der Waals surface area contributed by atoms with E-state index < -0.39 is 11.9 Å². The second-order valence-corrected chi connectivity index (χ2v) is 10.5. The average molecular weight is 636 g/mol. The number of unbranched alkanes of at least 4 members (excludes halogenated alkanes) is 1. The minimum Gasteiger partial charge on any atom is -0.494 e. The topological polar surface area (TPSA) is 114 Å². The Morgan fingerprint density at radius 2 is 1.43 bits per heavy atom. The van der Waals surface area contributed by atoms with Crippen LogP contribution in [-0.4, -0.2) is 38.2 Å². The summed E-state index contributed by atoms with van der Waals surface area (Å²) in [5.41, 5.74) is 12.2. The Bertz CT molecular complexity index is 1630. The number of aryl methyl sites for hydroxylation is 1. The number of rotatable bonds is 17. The molecule has 0 bridgehead atoms. The predicted molar refractivity (Wildman–Crippen MR) is 186 cm³/mol. The molecule has 244 valence electrons. The van der Waals surface area contributed by atoms with Gasteiger partial charge in [0.25, 0.3) is 0 Å². The first-order valence-corrected chi connectivity index (χ1v) is 15.6. The molecule has 47 heavy (non-hydrogen) atoms. The van der Waals surface area contributed by atoms with Crippen molar-refractivity contribution in [2.24, 2.45) is 10.2 Å². The van der Waals surface area contributed by atoms with Crippen LogP contribution in [-0.2, 0) is 9.53 Å². The quantitative estimate of drug-likeness (QED) is 0.0296. The van der Waals surface area contributed by atoms with Gasteiger partial charge in [0.2, 0.25) is 0 Å². The first-order valence-electron chi connectivity index (χ1n) is 15.6. The number of hydrogen-bond donors (Lipinski definition) is 2. The van der Waals surface area contributed by atoms with E-state index in [1.54, 1.807) is 36.4 Å². The molecule has 0 saturated heterocycles. The molecule has 0 aliphatic heterocycles. The highest BCUT2D eigenvalue weighted by Gasteiger charge is 2.09. The monoisotopic (exact) mass is 635 g/mol. The molecule has 0 fully saturated rings. The van der Waals surface area contributed by atoms with E-state index in [1.165, 1.54) is 5.69 Å². The average Bonchev–Trinajstić information content (AvgIpc) is 3.10. The molecular formula is C37H41N5O5. The summed E-state index contributed by atoms with van der Waals surface area (Å²) in [5.74, 6) is 0.161. The summed E-state index contributed by atoms with van der Waals surface area (Å²) in [6.45, 7) is 12.3. The molecule has 10 nitrogen and oxygen atoms in total. The highest BCUT2D eigenvalue weighted by Crippen LogP contribution is 2.26. The van der Waals surface area contributed by atoms with Gasteiger partial charge in [0.15, 0.2) is 0 Å². The van der Waals surface area contributed by atoms with Crippen LogP contribution in [0.1, 0.15) is 42.6 Å². The van der Waals surface area contributed by atoms with Crippen LogP contribution in [0.15, 0.2) is 114 Å². The van der Waals surface area contributed by atoms with Crippen molar-refractivity contribution in [3.05, 3.63) is 115 Å². The zero-order chi connectivity index (χ0) is 33.4. The molecule has 0 aliphatic rings. The van der Waals surface area contributed by atoms with Gasteiger partial charge in [-0.2, -0.15) is 10.2 Å². The number of ether oxygens (including phenoxy) is 3. The van der Waals surface area contributed by atoms with E-state index in [1.807, 2.05) is 49.4 Å². The third kappa shape index (κ3) is 10.7. The minimum absolute atomic E-state index is 0.322. The number of benzene rings is 4. The van der Waals surface area contributed by atoms with Crippen molar-refractivity contribution in [2.75, 3.05) is 42.1 Å². The molecule has 0 atom stereocenters. The van der Waals surface area contributed by atoms with Crippen LogP contribution in [0, 0.1) is 6.92 Å². The van der Waals surface area contributed by atoms with Gasteiger partial charge >= 0.3 is 11.9 Å². The van der Waals surface area contributed by atoms with Gasteiger partial charge in [-0.25, -0.2) is 9.59 Å². The lowest BCUT2D eigenvalue weighted by atomic mass is 10.2. The number of azo groups is 1. The van der Waals surface area contributed by atoms with Gasteiger partial charge in [0.05, 0.1) is 41.5 Å². The molecule has 0 radical (unpaired) electrons. The number of hydrogen-bond acceptors (Lipinski definition) is 10. The normalized spacial score (nSPS) is 10.7. The number of hydrazine groups is 1. The number of anilines is 3. The van der Waals surface area contributed by atoms with Crippen LogP contribution in [0.5, 0.6) is 11.5 Å². The fourth-order valence-electron chi connectivity index (χ4n) is 4.51. The number of esters is 2. The van der Waals surface area contributed by atoms with Crippen molar-refractivity contribution in [3.8, 4) is 11.5 Å². The van der Waals surface area contributed by atoms with Crippen LogP contribution < -0.4 is 25.2 Å². The molecule has 0 unspecified atom stereocenters. The van der Waals surface area contributed by atoms with Gasteiger partial charge in [-0.3, -0.25) is 0 Å². The minimum atomic E-state index is -0.469. The Kier molecular flexibility index (Phi) is 12.9. The molecule has 4 aromatic rings. The Labute approximate surface area is 276 Å². The van der Waals surface area contributed by atoms with Crippen molar-refractivity contribution in [2.45, 2.75) is 33.6 Å². The first kappa shape index (κ1) is 34.2. The van der Waals surface area contributed by atoms with Gasteiger partial charge < -0.3 is 30.0 Å². The van der Waals surface area contributed by atoms with E-state index in [0.29, 0.717) is 36.7 Å². The summed E-state index contributed by atoms with van der Waals surface area (Å²) in [5, 5.41) is 8.78. The summed E-state index contributed by atoms with van der Waals surface area (Å²) in [6, 6.07) is 27.7. The Balaban J connectivity index is 1.21. The molecule has 4 rings (SSSR count). The maximum atomic E-state index is 12.6. The van der Waals surface area contributed by atoms with E-state index in [9.17, 15) is 9.59 Å². The van der Waals surface area contributed by atoms with Crippen LogP contribution >= 0.6 is 0 Å². The van der Waals surface area contributed by atoms with Crippen LogP contribution in [0.3, 0.4) is 0 Å². The fraction of sp³-hybridized carbons (Fsp3) is 0.243. The van der Waals surface area contributed by atoms with E-state index in [0.717, 1.165) is 53.9 Å². The largest absolute Gasteiger partial charge is 0.494 e. The second kappa shape index (κ2) is 17.7. The summed E-state index contributed by atoms with van der Waals surface area (Å²) >= 11 is 0. The van der Waals surface area contributed by atoms with Crippen molar-refractivity contribution in [1.82, 2.24) is 0 Å². The van der Waals surface area contributed by atoms with E-state index in [-0.39, 0.29) is 0 Å². The highest BCUT2D eigenvalue weighted by molar-refractivity contribution is 5.91. The summed E-state index contributed by atoms with van der Waals surface area (Å²) in [7, 11) is 0. The first-order chi connectivity index (χ1) is 22.9. The van der Waals surface area contributed by atoms with Crippen molar-refractivity contribution in [1.29, 1.82) is 0 Å². The molecule has 0 amide bonds. The summed E-state index contributed by atoms with van der Waals surface area (Å²) in [6.07, 6.45) is 2.55. The molecule has 0 spiro atoms. The fourth-order valence-corrected chi connectivity index (χ4v) is 4.51. The van der Waals surface area contributed by atoms with E-state index in [4.69, 9.17) is 14.2 Å². The lowest BCUT2D eigenvalue weighted by Gasteiger charge is -2.20. The Morgan fingerprint density at radius 1 is 0.787 bits per heavy atom. The number of nitrogens with one attached hydrogen (secondary N) is 2. The molecule has 0 aromatic heterocycles. The SMILES string of the molecule is C=CC(=O)OCCCCOc1ccc(C(=O)Oc2ccc(NNc3ccc(/N=N/c4ccc(N(CC)CC)cc4)cc3C)cc2)cc1. The van der Waals surface area contributed by atoms with Gasteiger partial charge in [0.1, 0.15) is 11.5 Å². The number of carbonyl (C=O) groups excluding carboxylic acids is 2. The predicted octanol–water partition coefficient (Wildman–Crippen LogP) is 8.80. The molecule has 2 N–H and O–H groups in total. The third-order valence-corrected chi connectivity index (χ3v) is 7.18. The molecule has 0 aliphatic carbocycles. The molecule has 0 heterocycles. The van der Waals surface area contributed by atoms with Crippen LogP contribution in [0.25, 0.3) is 0 Å². The van der Waals surface area contributed by atoms with Crippen LogP contribution in [0.2, 0.25) is 0 Å². The zero-order valence-corrected chi connectivity index (χ0v) is 27.1. The zero-order valence-electron chi connectivity index (χ0n) is 27.1. The van der Waals surface area contributed by atoms with Crippen molar-refractivity contribution in [3.63, 3.8) is 0 Å². The third-order valence-electron chi connectivity index (χ3n) is 7.18. The van der Waals surface area contributed by atoms with Gasteiger partial charge in [-0.05, 0) is 130 Å². The van der Waals surface area contributed by atoms with Gasteiger partial charge in [0, 0.05) is 24.9 Å². The lowest BCUT2D eigenvalue weighted by Crippen LogP contribution is -2.21. The van der Waals surface area contributed by atoms with Gasteiger partial charge in [-0.15, -0.1) is 0 Å². The number of carbonyl (C=O) groups is 2. The smallest absolute Gasteiger partial charge is 0.343 e. The Hall–Kier alpha value is -5.64. The van der Waals surface area contributed by atoms with Gasteiger partial charge in [-0.1, -0.05) is 6.58 Å². The highest BCUT2D eigenvalue weighted by atomic mass is 16.5. The summed E-state index contributed by atoms with van der Waals surface area (Å²) < 4.78 is 16.1. The van der Waals surface area contributed by atoms with E-state index in [2.05, 4.69) is 58.5 Å². The molecule has 4 aromatic carbocycles. The molecule has 10 heteroatoms. The molecule has 0 saturated carbocycles. The van der Waals surface area contributed by atoms with Crippen molar-refractivity contribution < 1.29 is 23.8 Å². The Morgan fingerprint density at radius 3 is 2.09 bits per heavy atom. The summed E-state index contributed by atoms with van der Waals surface area (Å²) in [4.78, 5) is 25.9. The number of nitrogens with zero attached hydrogens (tertiary/aromatic N) is 3.